The van der Waals surface area contributed by atoms with Gasteiger partial charge in [0, 0.05) is 44.6 Å². The number of nitrogens with zero attached hydrogens (tertiary/aromatic N) is 4. The third-order valence-corrected chi connectivity index (χ3v) is 7.28. The lowest BCUT2D eigenvalue weighted by molar-refractivity contribution is -0.113. The molecule has 4 heterocycles. The summed E-state index contributed by atoms with van der Waals surface area (Å²) in [5.41, 5.74) is 0.445. The molecule has 2 amide bonds. The topological polar surface area (TPSA) is 139 Å². The predicted octanol–water partition coefficient (Wildman–Crippen LogP) is 3.24. The smallest absolute Gasteiger partial charge is 0.282 e. The number of amides is 2. The van der Waals surface area contributed by atoms with Crippen molar-refractivity contribution in [3.63, 3.8) is 0 Å². The molecule has 3 aromatic rings. The van der Waals surface area contributed by atoms with E-state index < -0.39 is 43.2 Å². The molecule has 2 aliphatic heterocycles. The first-order valence-corrected chi connectivity index (χ1v) is 13.8. The summed E-state index contributed by atoms with van der Waals surface area (Å²) in [7, 11) is 1.52. The van der Waals surface area contributed by atoms with Crippen molar-refractivity contribution in [2.75, 3.05) is 38.4 Å². The molecule has 2 aromatic heterocycles. The molecule has 2 N–H and O–H groups in total. The summed E-state index contributed by atoms with van der Waals surface area (Å²) in [6.45, 7) is -1.06. The number of hydrogen-bond donors (Lipinski definition) is 2. The average molecular weight is 611 g/mol. The number of benzene rings is 1. The van der Waals surface area contributed by atoms with Crippen LogP contribution in [0.25, 0.3) is 11.1 Å². The lowest BCUT2D eigenvalue weighted by atomic mass is 9.96. The maximum atomic E-state index is 13.5. The van der Waals surface area contributed by atoms with Crippen LogP contribution in [0.3, 0.4) is 0 Å². The van der Waals surface area contributed by atoms with E-state index in [9.17, 15) is 32.8 Å². The van der Waals surface area contributed by atoms with Gasteiger partial charge in [-0.1, -0.05) is 6.07 Å². The SMILES string of the molecule is Cn1cc(CNC[C@@H]2CCCO2)cc(C(=O)Nc2cc(-c3ccc(C#N)cc3C(=O)N3CC(F)(F)C3)cc(OCF)n2)c1=O. The van der Waals surface area contributed by atoms with E-state index >= 15 is 0 Å². The summed E-state index contributed by atoms with van der Waals surface area (Å²) >= 11 is 0. The fourth-order valence-corrected chi connectivity index (χ4v) is 5.13. The number of rotatable bonds is 10. The van der Waals surface area contributed by atoms with Crippen molar-refractivity contribution >= 4 is 17.6 Å². The van der Waals surface area contributed by atoms with Gasteiger partial charge in [-0.3, -0.25) is 14.4 Å². The van der Waals surface area contributed by atoms with Crippen LogP contribution in [-0.2, 0) is 18.3 Å². The Morgan fingerprint density at radius 2 is 2.00 bits per heavy atom. The number of nitriles is 1. The number of aromatic nitrogens is 2. The number of ether oxygens (including phenoxy) is 2. The summed E-state index contributed by atoms with van der Waals surface area (Å²) < 4.78 is 52.0. The van der Waals surface area contributed by atoms with Crippen molar-refractivity contribution in [1.82, 2.24) is 19.8 Å². The number of hydrogen-bond acceptors (Lipinski definition) is 8. The summed E-state index contributed by atoms with van der Waals surface area (Å²) in [5, 5.41) is 15.2. The van der Waals surface area contributed by atoms with E-state index in [1.54, 1.807) is 6.20 Å². The van der Waals surface area contributed by atoms with Crippen molar-refractivity contribution in [2.24, 2.45) is 7.05 Å². The molecule has 2 fully saturated rings. The van der Waals surface area contributed by atoms with Gasteiger partial charge in [-0.15, -0.1) is 0 Å². The Morgan fingerprint density at radius 3 is 2.68 bits per heavy atom. The van der Waals surface area contributed by atoms with Gasteiger partial charge in [0.2, 0.25) is 12.7 Å². The highest BCUT2D eigenvalue weighted by atomic mass is 19.3. The van der Waals surface area contributed by atoms with Crippen LogP contribution >= 0.6 is 0 Å². The minimum absolute atomic E-state index is 0.0497. The Labute approximate surface area is 250 Å². The van der Waals surface area contributed by atoms with Gasteiger partial charge in [0.15, 0.2) is 0 Å². The quantitative estimate of drug-likeness (QED) is 0.357. The number of halogens is 3. The van der Waals surface area contributed by atoms with Crippen LogP contribution in [0.1, 0.15) is 44.7 Å². The molecule has 230 valence electrons. The highest BCUT2D eigenvalue weighted by Gasteiger charge is 2.46. The van der Waals surface area contributed by atoms with E-state index in [1.807, 2.05) is 6.07 Å². The normalized spacial score (nSPS) is 17.1. The first-order valence-electron chi connectivity index (χ1n) is 13.8. The Bertz CT molecular complexity index is 1670. The molecule has 2 aliphatic rings. The van der Waals surface area contributed by atoms with Gasteiger partial charge in [0.25, 0.3) is 23.3 Å². The molecule has 0 unspecified atom stereocenters. The number of anilines is 1. The molecule has 44 heavy (non-hydrogen) atoms. The largest absolute Gasteiger partial charge is 0.446 e. The fraction of sp³-hybridized carbons (Fsp3) is 0.367. The van der Waals surface area contributed by atoms with Crippen molar-refractivity contribution in [1.29, 1.82) is 5.26 Å². The average Bonchev–Trinajstić information content (AvgIpc) is 3.50. The maximum Gasteiger partial charge on any atom is 0.282 e. The Kier molecular flexibility index (Phi) is 8.98. The molecule has 0 radical (unpaired) electrons. The summed E-state index contributed by atoms with van der Waals surface area (Å²) in [6, 6.07) is 10.2. The summed E-state index contributed by atoms with van der Waals surface area (Å²) in [4.78, 5) is 44.4. The lowest BCUT2D eigenvalue weighted by Gasteiger charge is -2.39. The molecular formula is C30H29F3N6O5. The third kappa shape index (κ3) is 6.90. The molecule has 2 saturated heterocycles. The second kappa shape index (κ2) is 12.9. The minimum atomic E-state index is -3.01. The van der Waals surface area contributed by atoms with E-state index in [4.69, 9.17) is 9.47 Å². The number of aryl methyl sites for hydroxylation is 1. The highest BCUT2D eigenvalue weighted by Crippen LogP contribution is 2.34. The van der Waals surface area contributed by atoms with E-state index in [0.717, 1.165) is 24.3 Å². The minimum Gasteiger partial charge on any atom is -0.446 e. The number of alkyl halides is 3. The zero-order valence-electron chi connectivity index (χ0n) is 23.7. The second-order valence-electron chi connectivity index (χ2n) is 10.6. The molecule has 14 heteroatoms. The molecule has 0 bridgehead atoms. The number of carbonyl (C=O) groups is 2. The van der Waals surface area contributed by atoms with Gasteiger partial charge in [-0.05, 0) is 53.8 Å². The van der Waals surface area contributed by atoms with Crippen LogP contribution in [0.2, 0.25) is 0 Å². The number of likely N-dealkylation sites (tertiary alicyclic amines) is 1. The predicted molar refractivity (Wildman–Crippen MR) is 152 cm³/mol. The van der Waals surface area contributed by atoms with Gasteiger partial charge in [-0.25, -0.2) is 13.2 Å². The number of pyridine rings is 2. The molecule has 1 atom stereocenters. The second-order valence-corrected chi connectivity index (χ2v) is 10.6. The van der Waals surface area contributed by atoms with Gasteiger partial charge in [0.05, 0.1) is 30.8 Å². The van der Waals surface area contributed by atoms with Crippen LogP contribution in [0.5, 0.6) is 5.88 Å². The zero-order valence-corrected chi connectivity index (χ0v) is 23.7. The van der Waals surface area contributed by atoms with Gasteiger partial charge >= 0.3 is 0 Å². The first kappa shape index (κ1) is 30.7. The molecule has 1 aromatic carbocycles. The molecular weight excluding hydrogens is 581 g/mol. The van der Waals surface area contributed by atoms with Gasteiger partial charge < -0.3 is 29.6 Å². The molecule has 0 saturated carbocycles. The highest BCUT2D eigenvalue weighted by molar-refractivity contribution is 6.05. The zero-order chi connectivity index (χ0) is 31.4. The standard InChI is InChI=1S/C30H29F3N6O5/c1-38-14-19(12-35-13-21-3-2-6-43-21)8-24(28(38)41)27(40)37-25-9-20(10-26(36-25)44-17-31)22-5-4-18(11-34)7-23(22)29(42)39-15-30(32,33)16-39/h4-5,7-10,14,21,35H,2-3,6,12-13,15-17H2,1H3,(H,36,37,40)/t21-/m0/s1. The van der Waals surface area contributed by atoms with Crippen LogP contribution in [0.4, 0.5) is 19.0 Å². The third-order valence-electron chi connectivity index (χ3n) is 7.28. The summed E-state index contributed by atoms with van der Waals surface area (Å²) in [5.74, 6) is -4.90. The fourth-order valence-electron chi connectivity index (χ4n) is 5.13. The molecule has 0 spiro atoms. The van der Waals surface area contributed by atoms with E-state index in [0.29, 0.717) is 18.7 Å². The monoisotopic (exact) mass is 610 g/mol. The number of carbonyl (C=O) groups excluding carboxylic acids is 2. The van der Waals surface area contributed by atoms with Crippen LogP contribution in [0.15, 0.2) is 47.4 Å². The molecule has 5 rings (SSSR count). The Morgan fingerprint density at radius 1 is 1.20 bits per heavy atom. The van der Waals surface area contributed by atoms with Crippen molar-refractivity contribution in [3.8, 4) is 23.1 Å². The van der Waals surface area contributed by atoms with E-state index in [1.165, 1.54) is 48.0 Å². The van der Waals surface area contributed by atoms with Gasteiger partial charge in [-0.2, -0.15) is 10.2 Å². The maximum absolute atomic E-state index is 13.5. The Hall–Kier alpha value is -4.74. The van der Waals surface area contributed by atoms with Crippen LogP contribution < -0.4 is 20.9 Å². The Balaban J connectivity index is 1.43. The van der Waals surface area contributed by atoms with Crippen molar-refractivity contribution in [3.05, 3.63) is 75.2 Å². The van der Waals surface area contributed by atoms with Crippen LogP contribution in [-0.4, -0.2) is 71.4 Å². The molecule has 11 nitrogen and oxygen atoms in total. The number of nitrogens with one attached hydrogen (secondary N) is 2. The van der Waals surface area contributed by atoms with Crippen molar-refractivity contribution in [2.45, 2.75) is 31.4 Å². The van der Waals surface area contributed by atoms with E-state index in [2.05, 4.69) is 15.6 Å². The van der Waals surface area contributed by atoms with E-state index in [-0.39, 0.29) is 45.6 Å². The van der Waals surface area contributed by atoms with Crippen LogP contribution in [0, 0.1) is 11.3 Å². The first-order chi connectivity index (χ1) is 21.1. The summed E-state index contributed by atoms with van der Waals surface area (Å²) in [6.07, 6.45) is 3.69. The van der Waals surface area contributed by atoms with Gasteiger partial charge in [0.1, 0.15) is 11.4 Å². The van der Waals surface area contributed by atoms with Crippen molar-refractivity contribution < 1.29 is 32.2 Å². The molecule has 0 aliphatic carbocycles. The lowest BCUT2D eigenvalue weighted by Crippen LogP contribution is -2.58.